The Morgan fingerprint density at radius 2 is 1.90 bits per heavy atom. The van der Waals surface area contributed by atoms with Crippen molar-refractivity contribution < 1.29 is 17.9 Å². The minimum Gasteiger partial charge on any atom is -0.373 e. The van der Waals surface area contributed by atoms with Crippen molar-refractivity contribution in [2.75, 3.05) is 25.5 Å². The molecular weight excluding hydrogens is 412 g/mol. The number of morpholine rings is 1. The maximum absolute atomic E-state index is 12.9. The number of thiazole rings is 1. The molecule has 0 radical (unpaired) electrons. The smallest absolute Gasteiger partial charge is 0.321 e. The first-order valence-corrected chi connectivity index (χ1v) is 11.6. The first kappa shape index (κ1) is 21.7. The van der Waals surface area contributed by atoms with Crippen molar-refractivity contribution in [1.82, 2.24) is 14.2 Å². The molecule has 0 saturated carbocycles. The van der Waals surface area contributed by atoms with Crippen LogP contribution >= 0.6 is 11.3 Å². The van der Waals surface area contributed by atoms with Gasteiger partial charge >= 0.3 is 6.03 Å². The Hall–Kier alpha value is -2.01. The van der Waals surface area contributed by atoms with E-state index >= 15 is 0 Å². The van der Waals surface area contributed by atoms with Gasteiger partial charge in [-0.3, -0.25) is 0 Å². The third kappa shape index (κ3) is 5.33. The topological polar surface area (TPSA) is 91.8 Å². The van der Waals surface area contributed by atoms with Crippen LogP contribution in [-0.2, 0) is 21.3 Å². The van der Waals surface area contributed by atoms with E-state index in [0.717, 1.165) is 9.88 Å². The molecule has 1 aromatic carbocycles. The molecule has 0 spiro atoms. The molecule has 2 unspecified atom stereocenters. The number of amides is 2. The van der Waals surface area contributed by atoms with Crippen molar-refractivity contribution in [2.24, 2.45) is 0 Å². The number of anilines is 1. The maximum atomic E-state index is 12.9. The summed E-state index contributed by atoms with van der Waals surface area (Å²) in [6.07, 6.45) is 1.46. The number of ether oxygens (including phenoxy) is 1. The zero-order chi connectivity index (χ0) is 21.2. The third-order valence-corrected chi connectivity index (χ3v) is 7.28. The Labute approximate surface area is 175 Å². The van der Waals surface area contributed by atoms with Crippen LogP contribution in [0.15, 0.2) is 35.4 Å². The van der Waals surface area contributed by atoms with E-state index in [4.69, 9.17) is 4.74 Å². The van der Waals surface area contributed by atoms with E-state index in [2.05, 4.69) is 10.3 Å². The number of hydrogen-bond donors (Lipinski definition) is 1. The molecule has 1 fully saturated rings. The van der Waals surface area contributed by atoms with Crippen LogP contribution in [0.5, 0.6) is 0 Å². The van der Waals surface area contributed by atoms with Gasteiger partial charge in [0.1, 0.15) is 0 Å². The largest absolute Gasteiger partial charge is 0.373 e. The number of hydrogen-bond acceptors (Lipinski definition) is 6. The summed E-state index contributed by atoms with van der Waals surface area (Å²) in [5, 5.41) is 3.74. The molecule has 29 heavy (non-hydrogen) atoms. The highest BCUT2D eigenvalue weighted by Gasteiger charge is 2.32. The van der Waals surface area contributed by atoms with E-state index in [1.807, 2.05) is 20.8 Å². The normalized spacial score (nSPS) is 20.4. The van der Waals surface area contributed by atoms with Gasteiger partial charge < -0.3 is 15.0 Å². The summed E-state index contributed by atoms with van der Waals surface area (Å²) < 4.78 is 32.9. The average Bonchev–Trinajstić information content (AvgIpc) is 3.06. The zero-order valence-electron chi connectivity index (χ0n) is 17.0. The van der Waals surface area contributed by atoms with Gasteiger partial charge in [0.15, 0.2) is 0 Å². The molecule has 1 saturated heterocycles. The molecular formula is C19H26N4O4S2. The van der Waals surface area contributed by atoms with Crippen LogP contribution in [0, 0.1) is 6.92 Å². The molecule has 1 aliphatic rings. The second kappa shape index (κ2) is 8.78. The zero-order valence-corrected chi connectivity index (χ0v) is 18.6. The second-order valence-corrected chi connectivity index (χ2v) is 10.5. The molecule has 1 N–H and O–H groups in total. The van der Waals surface area contributed by atoms with Gasteiger partial charge in [-0.1, -0.05) is 0 Å². The summed E-state index contributed by atoms with van der Waals surface area (Å²) in [5.74, 6) is 0. The van der Waals surface area contributed by atoms with Crippen LogP contribution < -0.4 is 5.32 Å². The fourth-order valence-electron chi connectivity index (χ4n) is 3.19. The fraction of sp³-hybridized carbons (Fsp3) is 0.474. The molecule has 0 bridgehead atoms. The number of carbonyl (C=O) groups excluding carboxylic acids is 1. The summed E-state index contributed by atoms with van der Waals surface area (Å²) in [7, 11) is -1.90. The molecule has 0 aliphatic carbocycles. The number of nitrogens with one attached hydrogen (secondary N) is 1. The SMILES string of the molecule is Cc1ncc(CN(C)C(=O)Nc2ccc(S(=O)(=O)N3CC(C)OC(C)C3)cc2)s1. The van der Waals surface area contributed by atoms with E-state index in [0.29, 0.717) is 25.3 Å². The number of benzene rings is 1. The van der Waals surface area contributed by atoms with Crippen LogP contribution in [0.2, 0.25) is 0 Å². The molecule has 158 valence electrons. The first-order valence-electron chi connectivity index (χ1n) is 9.34. The lowest BCUT2D eigenvalue weighted by molar-refractivity contribution is -0.0440. The summed E-state index contributed by atoms with van der Waals surface area (Å²) in [5.41, 5.74) is 0.532. The first-order chi connectivity index (χ1) is 13.6. The van der Waals surface area contributed by atoms with Gasteiger partial charge in [0.25, 0.3) is 0 Å². The predicted molar refractivity (Wildman–Crippen MR) is 113 cm³/mol. The van der Waals surface area contributed by atoms with E-state index < -0.39 is 10.0 Å². The van der Waals surface area contributed by atoms with Gasteiger partial charge in [-0.15, -0.1) is 11.3 Å². The quantitative estimate of drug-likeness (QED) is 0.775. The number of rotatable bonds is 5. The lowest BCUT2D eigenvalue weighted by atomic mass is 10.3. The molecule has 2 atom stereocenters. The van der Waals surface area contributed by atoms with E-state index in [-0.39, 0.29) is 23.1 Å². The number of urea groups is 1. The highest BCUT2D eigenvalue weighted by atomic mass is 32.2. The number of aryl methyl sites for hydroxylation is 1. The number of carbonyl (C=O) groups is 1. The summed E-state index contributed by atoms with van der Waals surface area (Å²) in [6.45, 7) is 6.75. The van der Waals surface area contributed by atoms with Gasteiger partial charge in [-0.2, -0.15) is 4.31 Å². The second-order valence-electron chi connectivity index (χ2n) is 7.24. The molecule has 3 rings (SSSR count). The Kier molecular flexibility index (Phi) is 6.57. The molecule has 1 aromatic heterocycles. The minimum absolute atomic E-state index is 0.148. The van der Waals surface area contributed by atoms with Crippen molar-refractivity contribution >= 4 is 33.1 Å². The Bertz CT molecular complexity index is 949. The number of sulfonamides is 1. The van der Waals surface area contributed by atoms with Crippen LogP contribution in [0.3, 0.4) is 0 Å². The number of aromatic nitrogens is 1. The van der Waals surface area contributed by atoms with Gasteiger partial charge in [0.2, 0.25) is 10.0 Å². The summed E-state index contributed by atoms with van der Waals surface area (Å²) in [4.78, 5) is 19.3. The van der Waals surface area contributed by atoms with E-state index in [9.17, 15) is 13.2 Å². The molecule has 2 heterocycles. The van der Waals surface area contributed by atoms with Crippen LogP contribution in [-0.4, -0.2) is 61.0 Å². The Morgan fingerprint density at radius 3 is 2.45 bits per heavy atom. The van der Waals surface area contributed by atoms with Gasteiger partial charge in [-0.05, 0) is 45.0 Å². The predicted octanol–water partition coefficient (Wildman–Crippen LogP) is 2.91. The molecule has 8 nitrogen and oxygen atoms in total. The average molecular weight is 439 g/mol. The Morgan fingerprint density at radius 1 is 1.28 bits per heavy atom. The van der Waals surface area contributed by atoms with Crippen LogP contribution in [0.1, 0.15) is 23.7 Å². The summed E-state index contributed by atoms with van der Waals surface area (Å²) in [6, 6.07) is 5.96. The number of nitrogens with zero attached hydrogens (tertiary/aromatic N) is 3. The summed E-state index contributed by atoms with van der Waals surface area (Å²) >= 11 is 1.55. The van der Waals surface area contributed by atoms with Gasteiger partial charge in [0, 0.05) is 36.9 Å². The standard InChI is InChI=1S/C19H26N4O4S2/c1-13-10-23(11-14(2)27-13)29(25,26)18-7-5-16(6-8-18)21-19(24)22(4)12-17-9-20-15(3)28-17/h5-9,13-14H,10-12H2,1-4H3,(H,21,24). The van der Waals surface area contributed by atoms with Crippen molar-refractivity contribution in [2.45, 2.75) is 44.4 Å². The van der Waals surface area contributed by atoms with Crippen molar-refractivity contribution in [3.63, 3.8) is 0 Å². The van der Waals surface area contributed by atoms with E-state index in [1.165, 1.54) is 16.4 Å². The van der Waals surface area contributed by atoms with Gasteiger partial charge in [0.05, 0.1) is 28.7 Å². The molecule has 2 amide bonds. The van der Waals surface area contributed by atoms with Crippen LogP contribution in [0.4, 0.5) is 10.5 Å². The van der Waals surface area contributed by atoms with Crippen molar-refractivity contribution in [3.8, 4) is 0 Å². The highest BCUT2D eigenvalue weighted by Crippen LogP contribution is 2.23. The van der Waals surface area contributed by atoms with Crippen LogP contribution in [0.25, 0.3) is 0 Å². The fourth-order valence-corrected chi connectivity index (χ4v) is 5.63. The van der Waals surface area contributed by atoms with Crippen molar-refractivity contribution in [1.29, 1.82) is 0 Å². The van der Waals surface area contributed by atoms with E-state index in [1.54, 1.807) is 41.6 Å². The molecule has 2 aromatic rings. The lowest BCUT2D eigenvalue weighted by Crippen LogP contribution is -2.48. The highest BCUT2D eigenvalue weighted by molar-refractivity contribution is 7.89. The monoisotopic (exact) mass is 438 g/mol. The van der Waals surface area contributed by atoms with Crippen molar-refractivity contribution in [3.05, 3.63) is 40.3 Å². The van der Waals surface area contributed by atoms with Gasteiger partial charge in [-0.25, -0.2) is 18.2 Å². The lowest BCUT2D eigenvalue weighted by Gasteiger charge is -2.34. The molecule has 10 heteroatoms. The minimum atomic E-state index is -3.60. The molecule has 1 aliphatic heterocycles. The third-order valence-electron chi connectivity index (χ3n) is 4.54. The Balaban J connectivity index is 1.64. The maximum Gasteiger partial charge on any atom is 0.321 e.